The lowest BCUT2D eigenvalue weighted by Crippen LogP contribution is -2.41. The van der Waals surface area contributed by atoms with Crippen molar-refractivity contribution in [2.75, 3.05) is 0 Å². The number of carbonyl (C=O) groups excluding carboxylic acids is 1. The molecule has 1 aromatic heterocycles. The van der Waals surface area contributed by atoms with E-state index in [0.717, 1.165) is 31.4 Å². The molecule has 1 unspecified atom stereocenters. The highest BCUT2D eigenvalue weighted by atomic mass is 16.3. The maximum Gasteiger partial charge on any atom is 0.224 e. The minimum atomic E-state index is -0.0204. The van der Waals surface area contributed by atoms with Gasteiger partial charge < -0.3 is 15.1 Å². The van der Waals surface area contributed by atoms with Crippen LogP contribution in [0.4, 0.5) is 0 Å². The van der Waals surface area contributed by atoms with E-state index in [4.69, 9.17) is 10.2 Å². The summed E-state index contributed by atoms with van der Waals surface area (Å²) in [5.41, 5.74) is 6.02. The van der Waals surface area contributed by atoms with Gasteiger partial charge in [0.05, 0.1) is 12.8 Å². The third-order valence-electron chi connectivity index (χ3n) is 4.09. The Morgan fingerprint density at radius 2 is 2.25 bits per heavy atom. The first-order valence-corrected chi connectivity index (χ1v) is 7.78. The van der Waals surface area contributed by atoms with Gasteiger partial charge in [0.25, 0.3) is 0 Å². The standard InChI is InChI=1S/C16H26N2O2/c1-2-6-13(17)11-16(19)18(14-7-3-4-8-14)12-15-9-5-10-20-15/h5,9-10,13-14H,2-4,6-8,11-12,17H2,1H3. The van der Waals surface area contributed by atoms with Gasteiger partial charge in [-0.05, 0) is 31.4 Å². The molecule has 112 valence electrons. The highest BCUT2D eigenvalue weighted by Gasteiger charge is 2.28. The highest BCUT2D eigenvalue weighted by Crippen LogP contribution is 2.26. The van der Waals surface area contributed by atoms with Gasteiger partial charge in [0, 0.05) is 18.5 Å². The Kier molecular flexibility index (Phi) is 5.65. The Hall–Kier alpha value is -1.29. The van der Waals surface area contributed by atoms with Crippen LogP contribution in [0.2, 0.25) is 0 Å². The van der Waals surface area contributed by atoms with E-state index in [0.29, 0.717) is 19.0 Å². The number of nitrogens with two attached hydrogens (primary N) is 1. The largest absolute Gasteiger partial charge is 0.467 e. The van der Waals surface area contributed by atoms with Gasteiger partial charge in [-0.25, -0.2) is 0 Å². The third-order valence-corrected chi connectivity index (χ3v) is 4.09. The zero-order valence-corrected chi connectivity index (χ0v) is 12.4. The van der Waals surface area contributed by atoms with Crippen molar-refractivity contribution in [3.63, 3.8) is 0 Å². The van der Waals surface area contributed by atoms with E-state index >= 15 is 0 Å². The van der Waals surface area contributed by atoms with E-state index in [1.165, 1.54) is 12.8 Å². The van der Waals surface area contributed by atoms with Crippen molar-refractivity contribution in [3.8, 4) is 0 Å². The van der Waals surface area contributed by atoms with Crippen LogP contribution in [0.25, 0.3) is 0 Å². The maximum atomic E-state index is 12.5. The van der Waals surface area contributed by atoms with E-state index in [1.54, 1.807) is 6.26 Å². The number of nitrogens with zero attached hydrogens (tertiary/aromatic N) is 1. The second-order valence-corrected chi connectivity index (χ2v) is 5.79. The second-order valence-electron chi connectivity index (χ2n) is 5.79. The summed E-state index contributed by atoms with van der Waals surface area (Å²) in [5, 5.41) is 0. The van der Waals surface area contributed by atoms with Crippen molar-refractivity contribution >= 4 is 5.91 Å². The molecule has 4 heteroatoms. The number of rotatable bonds is 7. The first kappa shape index (κ1) is 15.1. The molecule has 1 amide bonds. The number of hydrogen-bond acceptors (Lipinski definition) is 3. The smallest absolute Gasteiger partial charge is 0.224 e. The molecule has 1 heterocycles. The maximum absolute atomic E-state index is 12.5. The van der Waals surface area contributed by atoms with Crippen molar-refractivity contribution in [1.29, 1.82) is 0 Å². The fraction of sp³-hybridized carbons (Fsp3) is 0.688. The molecule has 1 atom stereocenters. The molecule has 2 N–H and O–H groups in total. The van der Waals surface area contributed by atoms with E-state index in [-0.39, 0.29) is 11.9 Å². The lowest BCUT2D eigenvalue weighted by atomic mass is 10.1. The van der Waals surface area contributed by atoms with E-state index in [9.17, 15) is 4.79 Å². The summed E-state index contributed by atoms with van der Waals surface area (Å²) >= 11 is 0. The van der Waals surface area contributed by atoms with Crippen LogP contribution in [0.3, 0.4) is 0 Å². The van der Waals surface area contributed by atoms with Crippen LogP contribution < -0.4 is 5.73 Å². The quantitative estimate of drug-likeness (QED) is 0.834. The second kappa shape index (κ2) is 7.48. The van der Waals surface area contributed by atoms with E-state index in [2.05, 4.69) is 6.92 Å². The minimum absolute atomic E-state index is 0.0204. The predicted molar refractivity (Wildman–Crippen MR) is 79.0 cm³/mol. The number of amides is 1. The first-order valence-electron chi connectivity index (χ1n) is 7.78. The topological polar surface area (TPSA) is 59.5 Å². The number of hydrogen-bond donors (Lipinski definition) is 1. The molecule has 0 aromatic carbocycles. The van der Waals surface area contributed by atoms with Gasteiger partial charge in [0.15, 0.2) is 0 Å². The molecule has 0 spiro atoms. The lowest BCUT2D eigenvalue weighted by Gasteiger charge is -2.29. The molecule has 1 fully saturated rings. The van der Waals surface area contributed by atoms with Crippen molar-refractivity contribution in [1.82, 2.24) is 4.90 Å². The molecule has 1 aromatic rings. The number of carbonyl (C=O) groups is 1. The van der Waals surface area contributed by atoms with E-state index < -0.39 is 0 Å². The Labute approximate surface area is 121 Å². The van der Waals surface area contributed by atoms with Crippen LogP contribution >= 0.6 is 0 Å². The summed E-state index contributed by atoms with van der Waals surface area (Å²) < 4.78 is 5.40. The molecular weight excluding hydrogens is 252 g/mol. The van der Waals surface area contributed by atoms with Crippen LogP contribution in [-0.4, -0.2) is 22.9 Å². The van der Waals surface area contributed by atoms with Gasteiger partial charge in [-0.2, -0.15) is 0 Å². The van der Waals surface area contributed by atoms with Crippen molar-refractivity contribution < 1.29 is 9.21 Å². The molecule has 0 radical (unpaired) electrons. The molecule has 1 aliphatic carbocycles. The summed E-state index contributed by atoms with van der Waals surface area (Å²) in [7, 11) is 0. The van der Waals surface area contributed by atoms with Gasteiger partial charge in [0.1, 0.15) is 5.76 Å². The Bertz CT molecular complexity index is 397. The van der Waals surface area contributed by atoms with Gasteiger partial charge in [0.2, 0.25) is 5.91 Å². The fourth-order valence-corrected chi connectivity index (χ4v) is 3.02. The summed E-state index contributed by atoms with van der Waals surface area (Å²) in [5.74, 6) is 1.03. The molecular formula is C16H26N2O2. The van der Waals surface area contributed by atoms with Gasteiger partial charge >= 0.3 is 0 Å². The van der Waals surface area contributed by atoms with Crippen LogP contribution in [0, 0.1) is 0 Å². The summed E-state index contributed by atoms with van der Waals surface area (Å²) in [6.45, 7) is 2.68. The molecule has 1 aliphatic rings. The Morgan fingerprint density at radius 3 is 2.85 bits per heavy atom. The summed E-state index contributed by atoms with van der Waals surface area (Å²) in [4.78, 5) is 14.5. The van der Waals surface area contributed by atoms with E-state index in [1.807, 2.05) is 17.0 Å². The van der Waals surface area contributed by atoms with Crippen molar-refractivity contribution in [2.24, 2.45) is 5.73 Å². The van der Waals surface area contributed by atoms with Crippen molar-refractivity contribution in [3.05, 3.63) is 24.2 Å². The molecule has 0 aliphatic heterocycles. The van der Waals surface area contributed by atoms with Crippen LogP contribution in [0.1, 0.15) is 57.6 Å². The predicted octanol–water partition coefficient (Wildman–Crippen LogP) is 3.07. The molecule has 1 saturated carbocycles. The van der Waals surface area contributed by atoms with Crippen LogP contribution in [0.5, 0.6) is 0 Å². The molecule has 2 rings (SSSR count). The number of furan rings is 1. The summed E-state index contributed by atoms with van der Waals surface area (Å²) in [6.07, 6.45) is 8.69. The third kappa shape index (κ3) is 4.10. The first-order chi connectivity index (χ1) is 9.70. The normalized spacial score (nSPS) is 17.3. The SMILES string of the molecule is CCCC(N)CC(=O)N(Cc1ccco1)C1CCCC1. The average molecular weight is 278 g/mol. The molecule has 20 heavy (non-hydrogen) atoms. The molecule has 4 nitrogen and oxygen atoms in total. The highest BCUT2D eigenvalue weighted by molar-refractivity contribution is 5.77. The van der Waals surface area contributed by atoms with Gasteiger partial charge in [-0.15, -0.1) is 0 Å². The monoisotopic (exact) mass is 278 g/mol. The van der Waals surface area contributed by atoms with Crippen LogP contribution in [-0.2, 0) is 11.3 Å². The zero-order valence-electron chi connectivity index (χ0n) is 12.4. The Balaban J connectivity index is 1.99. The minimum Gasteiger partial charge on any atom is -0.467 e. The van der Waals surface area contributed by atoms with Gasteiger partial charge in [-0.3, -0.25) is 4.79 Å². The molecule has 0 bridgehead atoms. The Morgan fingerprint density at radius 1 is 1.50 bits per heavy atom. The fourth-order valence-electron chi connectivity index (χ4n) is 3.02. The average Bonchev–Trinajstić information content (AvgIpc) is 3.09. The molecule has 0 saturated heterocycles. The van der Waals surface area contributed by atoms with Crippen LogP contribution in [0.15, 0.2) is 22.8 Å². The summed E-state index contributed by atoms with van der Waals surface area (Å²) in [6, 6.07) is 4.14. The van der Waals surface area contributed by atoms with Gasteiger partial charge in [-0.1, -0.05) is 26.2 Å². The van der Waals surface area contributed by atoms with Crippen molar-refractivity contribution in [2.45, 2.75) is 70.5 Å². The lowest BCUT2D eigenvalue weighted by molar-refractivity contribution is -0.134. The zero-order chi connectivity index (χ0) is 14.4.